The molecule has 0 bridgehead atoms. The first kappa shape index (κ1) is 20.5. The average molecular weight is 404 g/mol. The molecule has 2 N–H and O–H groups in total. The lowest BCUT2D eigenvalue weighted by Crippen LogP contribution is -2.30. The minimum atomic E-state index is -0.487. The van der Waals surface area contributed by atoms with Crippen LogP contribution in [-0.4, -0.2) is 36.0 Å². The number of amides is 2. The predicted octanol–water partition coefficient (Wildman–Crippen LogP) is 2.90. The van der Waals surface area contributed by atoms with E-state index in [4.69, 9.17) is 9.47 Å². The molecule has 0 radical (unpaired) electrons. The number of methoxy groups -OCH3 is 2. The van der Waals surface area contributed by atoms with E-state index in [0.29, 0.717) is 28.3 Å². The van der Waals surface area contributed by atoms with Crippen LogP contribution in [0, 0.1) is 0 Å². The molecule has 8 nitrogen and oxygen atoms in total. The van der Waals surface area contributed by atoms with Crippen LogP contribution in [0.4, 0.5) is 5.69 Å². The second-order valence-electron chi connectivity index (χ2n) is 6.06. The number of benzene rings is 1. The van der Waals surface area contributed by atoms with Gasteiger partial charge in [0, 0.05) is 36.0 Å². The van der Waals surface area contributed by atoms with Gasteiger partial charge >= 0.3 is 0 Å². The van der Waals surface area contributed by atoms with Crippen molar-refractivity contribution in [2.45, 2.75) is 0 Å². The fourth-order valence-corrected chi connectivity index (χ4v) is 2.59. The van der Waals surface area contributed by atoms with Gasteiger partial charge in [-0.1, -0.05) is 6.07 Å². The summed E-state index contributed by atoms with van der Waals surface area (Å²) in [5.41, 5.74) is 1.57. The predicted molar refractivity (Wildman–Crippen MR) is 112 cm³/mol. The van der Waals surface area contributed by atoms with E-state index < -0.39 is 11.8 Å². The Balaban J connectivity index is 1.87. The summed E-state index contributed by atoms with van der Waals surface area (Å²) < 4.78 is 10.4. The number of aromatic nitrogens is 2. The molecule has 8 heteroatoms. The van der Waals surface area contributed by atoms with E-state index in [2.05, 4.69) is 20.6 Å². The molecule has 152 valence electrons. The molecular formula is C22H20N4O4. The second-order valence-corrected chi connectivity index (χ2v) is 6.06. The monoisotopic (exact) mass is 404 g/mol. The lowest BCUT2D eigenvalue weighted by atomic mass is 10.1. The lowest BCUT2D eigenvalue weighted by molar-refractivity contribution is -0.113. The largest absolute Gasteiger partial charge is 0.493 e. The fraction of sp³-hybridized carbons (Fsp3) is 0.0909. The van der Waals surface area contributed by atoms with Crippen molar-refractivity contribution < 1.29 is 19.1 Å². The number of anilines is 1. The molecule has 0 unspecified atom stereocenters. The van der Waals surface area contributed by atoms with Gasteiger partial charge in [-0.15, -0.1) is 0 Å². The van der Waals surface area contributed by atoms with Crippen molar-refractivity contribution in [3.05, 3.63) is 84.1 Å². The van der Waals surface area contributed by atoms with E-state index >= 15 is 0 Å². The fourth-order valence-electron chi connectivity index (χ4n) is 2.59. The van der Waals surface area contributed by atoms with E-state index in [9.17, 15) is 9.59 Å². The van der Waals surface area contributed by atoms with Gasteiger partial charge in [0.25, 0.3) is 11.8 Å². The van der Waals surface area contributed by atoms with Gasteiger partial charge in [0.1, 0.15) is 5.70 Å². The highest BCUT2D eigenvalue weighted by molar-refractivity contribution is 6.10. The zero-order valence-electron chi connectivity index (χ0n) is 16.5. The standard InChI is InChI=1S/C22H20N4O4/c1-29-19-6-5-16(13-20(19)30-2)21(27)26-18(12-15-4-3-9-24-14-15)22(28)25-17-7-10-23-11-8-17/h3-14H,1-2H3,(H,26,27)(H,23,25,28). The van der Waals surface area contributed by atoms with Crippen LogP contribution in [0.2, 0.25) is 0 Å². The lowest BCUT2D eigenvalue weighted by Gasteiger charge is -2.13. The van der Waals surface area contributed by atoms with Crippen molar-refractivity contribution in [1.29, 1.82) is 0 Å². The number of rotatable bonds is 7. The van der Waals surface area contributed by atoms with E-state index in [1.165, 1.54) is 20.3 Å². The Morgan fingerprint density at radius 3 is 2.37 bits per heavy atom. The molecular weight excluding hydrogens is 384 g/mol. The SMILES string of the molecule is COc1ccc(C(=O)NC(=Cc2cccnc2)C(=O)Nc2ccncc2)cc1OC. The van der Waals surface area contributed by atoms with Crippen molar-refractivity contribution in [1.82, 2.24) is 15.3 Å². The van der Waals surface area contributed by atoms with E-state index in [-0.39, 0.29) is 5.70 Å². The van der Waals surface area contributed by atoms with Crippen LogP contribution in [0.15, 0.2) is 72.9 Å². The summed E-state index contributed by atoms with van der Waals surface area (Å²) in [6.45, 7) is 0. The molecule has 0 aliphatic heterocycles. The number of hydrogen-bond donors (Lipinski definition) is 2. The molecule has 0 atom stereocenters. The average Bonchev–Trinajstić information content (AvgIpc) is 2.79. The number of pyridine rings is 2. The van der Waals surface area contributed by atoms with Gasteiger partial charge < -0.3 is 20.1 Å². The summed E-state index contributed by atoms with van der Waals surface area (Å²) in [6.07, 6.45) is 7.87. The van der Waals surface area contributed by atoms with Crippen molar-refractivity contribution in [3.8, 4) is 11.5 Å². The molecule has 3 aromatic rings. The summed E-state index contributed by atoms with van der Waals surface area (Å²) in [6, 6.07) is 11.5. The van der Waals surface area contributed by atoms with Crippen LogP contribution >= 0.6 is 0 Å². The molecule has 0 spiro atoms. The molecule has 2 heterocycles. The Morgan fingerprint density at radius 2 is 1.70 bits per heavy atom. The maximum Gasteiger partial charge on any atom is 0.272 e. The molecule has 0 aliphatic rings. The van der Waals surface area contributed by atoms with Gasteiger partial charge in [-0.25, -0.2) is 0 Å². The maximum atomic E-state index is 12.8. The third kappa shape index (κ3) is 5.20. The summed E-state index contributed by atoms with van der Waals surface area (Å²) in [4.78, 5) is 33.6. The van der Waals surface area contributed by atoms with Crippen molar-refractivity contribution in [2.24, 2.45) is 0 Å². The number of carbonyl (C=O) groups excluding carboxylic acids is 2. The highest BCUT2D eigenvalue weighted by Crippen LogP contribution is 2.27. The number of nitrogens with zero attached hydrogens (tertiary/aromatic N) is 2. The van der Waals surface area contributed by atoms with Gasteiger partial charge in [-0.2, -0.15) is 0 Å². The van der Waals surface area contributed by atoms with Crippen LogP contribution < -0.4 is 20.1 Å². The molecule has 3 rings (SSSR count). The van der Waals surface area contributed by atoms with Crippen LogP contribution in [-0.2, 0) is 4.79 Å². The first-order valence-electron chi connectivity index (χ1n) is 8.97. The van der Waals surface area contributed by atoms with Gasteiger partial charge in [0.05, 0.1) is 14.2 Å². The molecule has 0 saturated heterocycles. The van der Waals surface area contributed by atoms with Gasteiger partial charge in [0.15, 0.2) is 11.5 Å². The smallest absolute Gasteiger partial charge is 0.272 e. The zero-order valence-corrected chi connectivity index (χ0v) is 16.5. The highest BCUT2D eigenvalue weighted by Gasteiger charge is 2.17. The Kier molecular flexibility index (Phi) is 6.73. The Hall–Kier alpha value is -4.20. The van der Waals surface area contributed by atoms with Gasteiger partial charge in [-0.05, 0) is 48.0 Å². The molecule has 1 aromatic carbocycles. The zero-order chi connectivity index (χ0) is 21.3. The number of hydrogen-bond acceptors (Lipinski definition) is 6. The minimum absolute atomic E-state index is 0.0552. The summed E-state index contributed by atoms with van der Waals surface area (Å²) >= 11 is 0. The maximum absolute atomic E-state index is 12.8. The van der Waals surface area contributed by atoms with Crippen LogP contribution in [0.1, 0.15) is 15.9 Å². The van der Waals surface area contributed by atoms with Crippen molar-refractivity contribution in [3.63, 3.8) is 0 Å². The molecule has 0 fully saturated rings. The summed E-state index contributed by atoms with van der Waals surface area (Å²) in [5.74, 6) is -0.0605. The Labute approximate surface area is 173 Å². The number of nitrogens with one attached hydrogen (secondary N) is 2. The third-order valence-electron chi connectivity index (χ3n) is 4.07. The molecule has 30 heavy (non-hydrogen) atoms. The second kappa shape index (κ2) is 9.83. The molecule has 0 saturated carbocycles. The van der Waals surface area contributed by atoms with E-state index in [1.807, 2.05) is 0 Å². The first-order chi connectivity index (χ1) is 14.6. The topological polar surface area (TPSA) is 102 Å². The van der Waals surface area contributed by atoms with Gasteiger partial charge in [-0.3, -0.25) is 19.6 Å². The van der Waals surface area contributed by atoms with Crippen LogP contribution in [0.3, 0.4) is 0 Å². The number of carbonyl (C=O) groups is 2. The molecule has 0 aliphatic carbocycles. The minimum Gasteiger partial charge on any atom is -0.493 e. The normalized spacial score (nSPS) is 10.8. The quantitative estimate of drug-likeness (QED) is 0.587. The Morgan fingerprint density at radius 1 is 0.933 bits per heavy atom. The van der Waals surface area contributed by atoms with Gasteiger partial charge in [0.2, 0.25) is 0 Å². The van der Waals surface area contributed by atoms with Crippen LogP contribution in [0.25, 0.3) is 6.08 Å². The van der Waals surface area contributed by atoms with Crippen LogP contribution in [0.5, 0.6) is 11.5 Å². The Bertz CT molecular complexity index is 1050. The van der Waals surface area contributed by atoms with E-state index in [1.54, 1.807) is 67.3 Å². The molecule has 2 aromatic heterocycles. The highest BCUT2D eigenvalue weighted by atomic mass is 16.5. The van der Waals surface area contributed by atoms with Crippen molar-refractivity contribution >= 4 is 23.6 Å². The van der Waals surface area contributed by atoms with Crippen molar-refractivity contribution in [2.75, 3.05) is 19.5 Å². The summed E-state index contributed by atoms with van der Waals surface area (Å²) in [7, 11) is 2.99. The molecule has 2 amide bonds. The third-order valence-corrected chi connectivity index (χ3v) is 4.07. The summed E-state index contributed by atoms with van der Waals surface area (Å²) in [5, 5.41) is 5.39. The van der Waals surface area contributed by atoms with E-state index in [0.717, 1.165) is 0 Å². The number of ether oxygens (including phenoxy) is 2. The first-order valence-corrected chi connectivity index (χ1v) is 8.97.